The van der Waals surface area contributed by atoms with Gasteiger partial charge in [0.25, 0.3) is 5.91 Å². The van der Waals surface area contributed by atoms with E-state index in [4.69, 9.17) is 5.11 Å². The highest BCUT2D eigenvalue weighted by Gasteiger charge is 2.21. The number of nitrogens with one attached hydrogen (secondary N) is 1. The van der Waals surface area contributed by atoms with Crippen molar-refractivity contribution in [2.75, 3.05) is 6.61 Å². The van der Waals surface area contributed by atoms with Gasteiger partial charge in [0.1, 0.15) is 12.4 Å². The first-order valence-electron chi connectivity index (χ1n) is 6.98. The molecule has 1 saturated carbocycles. The predicted molar refractivity (Wildman–Crippen MR) is 76.1 cm³/mol. The molecule has 0 saturated heterocycles. The molecule has 5 heteroatoms. The minimum Gasteiger partial charge on any atom is -0.393 e. The molecule has 0 radical (unpaired) electrons. The van der Waals surface area contributed by atoms with E-state index in [1.807, 2.05) is 0 Å². The van der Waals surface area contributed by atoms with E-state index >= 15 is 0 Å². The summed E-state index contributed by atoms with van der Waals surface area (Å²) < 4.78 is 13.8. The van der Waals surface area contributed by atoms with Gasteiger partial charge in [0.05, 0.1) is 11.7 Å². The zero-order valence-electron chi connectivity index (χ0n) is 11.6. The summed E-state index contributed by atoms with van der Waals surface area (Å²) in [5.74, 6) is 3.94. The molecule has 1 aromatic carbocycles. The number of hydrogen-bond acceptors (Lipinski definition) is 3. The molecule has 1 aliphatic rings. The van der Waals surface area contributed by atoms with Gasteiger partial charge >= 0.3 is 0 Å². The molecule has 1 amide bonds. The van der Waals surface area contributed by atoms with Crippen LogP contribution in [0.1, 0.15) is 41.6 Å². The number of benzene rings is 1. The maximum absolute atomic E-state index is 13.8. The Morgan fingerprint density at radius 1 is 1.33 bits per heavy atom. The monoisotopic (exact) mass is 291 g/mol. The van der Waals surface area contributed by atoms with E-state index in [1.165, 1.54) is 12.1 Å². The van der Waals surface area contributed by atoms with Crippen LogP contribution in [0.2, 0.25) is 0 Å². The molecule has 0 aliphatic heterocycles. The van der Waals surface area contributed by atoms with Crippen LogP contribution in [0, 0.1) is 17.7 Å². The molecule has 4 nitrogen and oxygen atoms in total. The van der Waals surface area contributed by atoms with E-state index in [0.717, 1.165) is 18.9 Å². The molecule has 0 heterocycles. The zero-order chi connectivity index (χ0) is 15.2. The highest BCUT2D eigenvalue weighted by atomic mass is 19.1. The van der Waals surface area contributed by atoms with Crippen molar-refractivity contribution in [3.8, 4) is 11.8 Å². The molecule has 1 aliphatic carbocycles. The third-order valence-corrected chi connectivity index (χ3v) is 3.57. The first kappa shape index (κ1) is 15.5. The number of carbonyl (C=O) groups is 1. The summed E-state index contributed by atoms with van der Waals surface area (Å²) in [6.45, 7) is -0.338. The van der Waals surface area contributed by atoms with E-state index < -0.39 is 5.82 Å². The second-order valence-corrected chi connectivity index (χ2v) is 5.13. The van der Waals surface area contributed by atoms with E-state index in [-0.39, 0.29) is 35.8 Å². The molecule has 21 heavy (non-hydrogen) atoms. The first-order chi connectivity index (χ1) is 10.1. The largest absolute Gasteiger partial charge is 0.393 e. The van der Waals surface area contributed by atoms with Crippen molar-refractivity contribution in [1.82, 2.24) is 5.32 Å². The van der Waals surface area contributed by atoms with Gasteiger partial charge in [0.2, 0.25) is 0 Å². The highest BCUT2D eigenvalue weighted by molar-refractivity contribution is 5.94. The standard InChI is InChI=1S/C16H18FNO3/c17-15-10-12(4-3-11(15)2-1-9-19)16(21)18-13-5-7-14(20)8-6-13/h3-4,10,13-14,19-20H,5-9H2,(H,18,21). The predicted octanol–water partition coefficient (Wildman–Crippen LogP) is 1.20. The van der Waals surface area contributed by atoms with Crippen LogP contribution in [0.4, 0.5) is 4.39 Å². The van der Waals surface area contributed by atoms with Crippen molar-refractivity contribution in [3.05, 3.63) is 35.1 Å². The fraction of sp³-hybridized carbons (Fsp3) is 0.438. The second-order valence-electron chi connectivity index (χ2n) is 5.13. The van der Waals surface area contributed by atoms with Crippen molar-refractivity contribution in [2.45, 2.75) is 37.8 Å². The van der Waals surface area contributed by atoms with Crippen molar-refractivity contribution >= 4 is 5.91 Å². The van der Waals surface area contributed by atoms with Crippen LogP contribution >= 0.6 is 0 Å². The molecule has 112 valence electrons. The Kier molecular flexibility index (Phi) is 5.32. The molecule has 0 aromatic heterocycles. The summed E-state index contributed by atoms with van der Waals surface area (Å²) in [6.07, 6.45) is 2.54. The molecular formula is C16H18FNO3. The lowest BCUT2D eigenvalue weighted by Crippen LogP contribution is -2.38. The van der Waals surface area contributed by atoms with Gasteiger partial charge in [-0.3, -0.25) is 4.79 Å². The summed E-state index contributed by atoms with van der Waals surface area (Å²) in [6, 6.07) is 4.11. The first-order valence-corrected chi connectivity index (χ1v) is 6.98. The summed E-state index contributed by atoms with van der Waals surface area (Å²) in [4.78, 5) is 12.1. The highest BCUT2D eigenvalue weighted by Crippen LogP contribution is 2.19. The maximum atomic E-state index is 13.8. The average Bonchev–Trinajstić information content (AvgIpc) is 2.48. The Morgan fingerprint density at radius 3 is 2.67 bits per heavy atom. The van der Waals surface area contributed by atoms with Gasteiger partial charge in [0.15, 0.2) is 0 Å². The number of amides is 1. The van der Waals surface area contributed by atoms with Gasteiger partial charge < -0.3 is 15.5 Å². The van der Waals surface area contributed by atoms with Gasteiger partial charge in [0, 0.05) is 11.6 Å². The maximum Gasteiger partial charge on any atom is 0.251 e. The van der Waals surface area contributed by atoms with Crippen molar-refractivity contribution in [3.63, 3.8) is 0 Å². The van der Waals surface area contributed by atoms with Crippen molar-refractivity contribution in [1.29, 1.82) is 0 Å². The van der Waals surface area contributed by atoms with E-state index in [9.17, 15) is 14.3 Å². The van der Waals surface area contributed by atoms with Crippen molar-refractivity contribution < 1.29 is 19.4 Å². The second kappa shape index (κ2) is 7.21. The zero-order valence-corrected chi connectivity index (χ0v) is 11.6. The number of carbonyl (C=O) groups excluding carboxylic acids is 1. The molecule has 1 fully saturated rings. The lowest BCUT2D eigenvalue weighted by molar-refractivity contribution is 0.0867. The fourth-order valence-corrected chi connectivity index (χ4v) is 2.38. The molecule has 1 aromatic rings. The number of hydrogen-bond donors (Lipinski definition) is 3. The fourth-order valence-electron chi connectivity index (χ4n) is 2.38. The molecule has 2 rings (SSSR count). The number of rotatable bonds is 2. The normalized spacial score (nSPS) is 21.3. The van der Waals surface area contributed by atoms with Gasteiger partial charge in [-0.15, -0.1) is 0 Å². The summed E-state index contributed by atoms with van der Waals surface area (Å²) in [5, 5.41) is 20.9. The number of aliphatic hydroxyl groups excluding tert-OH is 2. The van der Waals surface area contributed by atoms with Crippen LogP contribution < -0.4 is 5.32 Å². The van der Waals surface area contributed by atoms with Gasteiger partial charge in [-0.1, -0.05) is 11.8 Å². The molecular weight excluding hydrogens is 273 g/mol. The number of halogens is 1. The van der Waals surface area contributed by atoms with E-state index in [2.05, 4.69) is 17.2 Å². The van der Waals surface area contributed by atoms with Crippen molar-refractivity contribution in [2.24, 2.45) is 0 Å². The smallest absolute Gasteiger partial charge is 0.251 e. The summed E-state index contributed by atoms with van der Waals surface area (Å²) in [7, 11) is 0. The molecule has 0 atom stereocenters. The van der Waals surface area contributed by atoms with Gasteiger partial charge in [-0.25, -0.2) is 4.39 Å². The molecule has 0 spiro atoms. The van der Waals surface area contributed by atoms with Crippen LogP contribution in [-0.2, 0) is 0 Å². The van der Waals surface area contributed by atoms with Crippen LogP contribution in [-0.4, -0.2) is 34.9 Å². The topological polar surface area (TPSA) is 69.6 Å². The van der Waals surface area contributed by atoms with E-state index in [1.54, 1.807) is 0 Å². The lowest BCUT2D eigenvalue weighted by Gasteiger charge is -2.26. The van der Waals surface area contributed by atoms with E-state index in [0.29, 0.717) is 12.8 Å². The minimum absolute atomic E-state index is 0.0258. The van der Waals surface area contributed by atoms with Crippen LogP contribution in [0.5, 0.6) is 0 Å². The van der Waals surface area contributed by atoms with Gasteiger partial charge in [-0.2, -0.15) is 0 Å². The summed E-state index contributed by atoms with van der Waals surface area (Å²) >= 11 is 0. The third kappa shape index (κ3) is 4.28. The average molecular weight is 291 g/mol. The molecule has 0 unspecified atom stereocenters. The summed E-state index contributed by atoms with van der Waals surface area (Å²) in [5.41, 5.74) is 0.398. The Hall–Kier alpha value is -1.90. The third-order valence-electron chi connectivity index (χ3n) is 3.57. The Bertz CT molecular complexity index is 569. The molecule has 0 bridgehead atoms. The quantitative estimate of drug-likeness (QED) is 0.717. The Labute approximate surface area is 123 Å². The lowest BCUT2D eigenvalue weighted by atomic mass is 9.93. The SMILES string of the molecule is O=C(NC1CCC(O)CC1)c1ccc(C#CCO)c(F)c1. The Balaban J connectivity index is 2.01. The van der Waals surface area contributed by atoms with Crippen LogP contribution in [0.15, 0.2) is 18.2 Å². The van der Waals surface area contributed by atoms with Gasteiger partial charge in [-0.05, 0) is 43.9 Å². The van der Waals surface area contributed by atoms with Crippen LogP contribution in [0.25, 0.3) is 0 Å². The Morgan fingerprint density at radius 2 is 2.05 bits per heavy atom. The number of aliphatic hydroxyl groups is 2. The molecule has 3 N–H and O–H groups in total. The minimum atomic E-state index is -0.581. The van der Waals surface area contributed by atoms with Crippen LogP contribution in [0.3, 0.4) is 0 Å².